The van der Waals surface area contributed by atoms with Gasteiger partial charge in [0.2, 0.25) is 0 Å². The molecular weight excluding hydrogens is 244 g/mol. The van der Waals surface area contributed by atoms with Gasteiger partial charge in [-0.1, -0.05) is 6.92 Å². The van der Waals surface area contributed by atoms with Crippen molar-refractivity contribution in [2.24, 2.45) is 11.7 Å². The molecule has 0 aromatic heterocycles. The molecule has 0 bridgehead atoms. The number of hydrogen-bond acceptors (Lipinski definition) is 5. The van der Waals surface area contributed by atoms with Crippen molar-refractivity contribution in [2.45, 2.75) is 19.4 Å². The molecule has 1 fully saturated rings. The van der Waals surface area contributed by atoms with Crippen LogP contribution in [0.15, 0.2) is 18.2 Å². The summed E-state index contributed by atoms with van der Waals surface area (Å²) in [6.07, 6.45) is 0.915. The summed E-state index contributed by atoms with van der Waals surface area (Å²) in [5.41, 5.74) is 6.84. The summed E-state index contributed by atoms with van der Waals surface area (Å²) >= 11 is 0. The van der Waals surface area contributed by atoms with Crippen molar-refractivity contribution in [3.8, 4) is 6.07 Å². The number of nitro benzene ring substituents is 1. The lowest BCUT2D eigenvalue weighted by molar-refractivity contribution is -0.384. The quantitative estimate of drug-likeness (QED) is 0.644. The van der Waals surface area contributed by atoms with Crippen LogP contribution in [0.25, 0.3) is 0 Å². The molecule has 0 radical (unpaired) electrons. The molecular formula is C13H16N4O2. The summed E-state index contributed by atoms with van der Waals surface area (Å²) in [5, 5.41) is 19.9. The first-order valence-electron chi connectivity index (χ1n) is 6.22. The van der Waals surface area contributed by atoms with Crippen LogP contribution >= 0.6 is 0 Å². The molecule has 6 nitrogen and oxygen atoms in total. The van der Waals surface area contributed by atoms with Gasteiger partial charge in [-0.3, -0.25) is 10.1 Å². The lowest BCUT2D eigenvalue weighted by Crippen LogP contribution is -2.47. The van der Waals surface area contributed by atoms with Crippen molar-refractivity contribution in [1.29, 1.82) is 5.26 Å². The van der Waals surface area contributed by atoms with Gasteiger partial charge in [0, 0.05) is 25.2 Å². The van der Waals surface area contributed by atoms with E-state index in [0.29, 0.717) is 23.7 Å². The monoisotopic (exact) mass is 260 g/mol. The van der Waals surface area contributed by atoms with Crippen LogP contribution in [-0.2, 0) is 0 Å². The summed E-state index contributed by atoms with van der Waals surface area (Å²) in [7, 11) is 0. The molecule has 1 aromatic rings. The maximum Gasteiger partial charge on any atom is 0.293 e. The zero-order valence-electron chi connectivity index (χ0n) is 10.7. The Morgan fingerprint density at radius 2 is 2.32 bits per heavy atom. The second kappa shape index (κ2) is 5.24. The molecule has 1 saturated heterocycles. The highest BCUT2D eigenvalue weighted by Crippen LogP contribution is 2.31. The Hall–Kier alpha value is -2.13. The average molecular weight is 260 g/mol. The van der Waals surface area contributed by atoms with Crippen molar-refractivity contribution >= 4 is 11.4 Å². The van der Waals surface area contributed by atoms with E-state index in [1.54, 1.807) is 12.1 Å². The zero-order chi connectivity index (χ0) is 14.0. The summed E-state index contributed by atoms with van der Waals surface area (Å²) in [4.78, 5) is 12.6. The first-order valence-corrected chi connectivity index (χ1v) is 6.22. The fraction of sp³-hybridized carbons (Fsp3) is 0.462. The van der Waals surface area contributed by atoms with E-state index in [2.05, 4.69) is 6.92 Å². The van der Waals surface area contributed by atoms with Gasteiger partial charge >= 0.3 is 0 Å². The van der Waals surface area contributed by atoms with Crippen LogP contribution in [0.2, 0.25) is 0 Å². The van der Waals surface area contributed by atoms with Crippen LogP contribution in [0.4, 0.5) is 11.4 Å². The molecule has 1 aromatic carbocycles. The highest BCUT2D eigenvalue weighted by atomic mass is 16.6. The van der Waals surface area contributed by atoms with Gasteiger partial charge < -0.3 is 10.6 Å². The van der Waals surface area contributed by atoms with Gasteiger partial charge in [-0.05, 0) is 24.5 Å². The van der Waals surface area contributed by atoms with Crippen LogP contribution in [0, 0.1) is 27.4 Å². The minimum absolute atomic E-state index is 0.0176. The molecule has 2 rings (SSSR count). The molecule has 2 unspecified atom stereocenters. The number of rotatable bonds is 2. The SMILES string of the molecule is CC1CCN(c2ccc(C#N)cc2[N+](=O)[O-])CC1N. The van der Waals surface area contributed by atoms with Crippen molar-refractivity contribution < 1.29 is 4.92 Å². The minimum Gasteiger partial charge on any atom is -0.364 e. The number of nitriles is 1. The molecule has 0 amide bonds. The highest BCUT2D eigenvalue weighted by molar-refractivity contribution is 5.66. The fourth-order valence-electron chi connectivity index (χ4n) is 2.32. The van der Waals surface area contributed by atoms with Gasteiger partial charge in [0.15, 0.2) is 0 Å². The summed E-state index contributed by atoms with van der Waals surface area (Å²) < 4.78 is 0. The minimum atomic E-state index is -0.445. The van der Waals surface area contributed by atoms with E-state index in [1.807, 2.05) is 11.0 Å². The van der Waals surface area contributed by atoms with Gasteiger partial charge in [0.1, 0.15) is 5.69 Å². The first-order chi connectivity index (χ1) is 9.02. The maximum absolute atomic E-state index is 11.1. The second-order valence-electron chi connectivity index (χ2n) is 4.95. The Labute approximate surface area is 111 Å². The Balaban J connectivity index is 2.34. The molecule has 0 spiro atoms. The number of benzene rings is 1. The molecule has 6 heteroatoms. The molecule has 1 aliphatic rings. The van der Waals surface area contributed by atoms with Crippen LogP contribution < -0.4 is 10.6 Å². The summed E-state index contributed by atoms with van der Waals surface area (Å²) in [6.45, 7) is 3.45. The number of nitrogens with two attached hydrogens (primary N) is 1. The van der Waals surface area contributed by atoms with E-state index in [-0.39, 0.29) is 11.7 Å². The average Bonchev–Trinajstić information content (AvgIpc) is 2.41. The molecule has 1 aliphatic heterocycles. The lowest BCUT2D eigenvalue weighted by atomic mass is 9.94. The Kier molecular flexibility index (Phi) is 3.67. The standard InChI is InChI=1S/C13H16N4O2/c1-9-4-5-16(8-11(9)15)12-3-2-10(7-14)6-13(12)17(18)19/h2-3,6,9,11H,4-5,8,15H2,1H3. The summed E-state index contributed by atoms with van der Waals surface area (Å²) in [6, 6.07) is 6.50. The number of piperidine rings is 1. The number of anilines is 1. The van der Waals surface area contributed by atoms with E-state index in [9.17, 15) is 10.1 Å². The van der Waals surface area contributed by atoms with Crippen molar-refractivity contribution in [3.05, 3.63) is 33.9 Å². The third kappa shape index (κ3) is 2.66. The predicted molar refractivity (Wildman–Crippen MR) is 71.8 cm³/mol. The maximum atomic E-state index is 11.1. The third-order valence-corrected chi connectivity index (χ3v) is 3.66. The molecule has 2 atom stereocenters. The molecule has 100 valence electrons. The van der Waals surface area contributed by atoms with Crippen molar-refractivity contribution in [2.75, 3.05) is 18.0 Å². The summed E-state index contributed by atoms with van der Waals surface area (Å²) in [5.74, 6) is 0.425. The second-order valence-corrected chi connectivity index (χ2v) is 4.95. The molecule has 19 heavy (non-hydrogen) atoms. The van der Waals surface area contributed by atoms with Gasteiger partial charge in [-0.2, -0.15) is 5.26 Å². The zero-order valence-corrected chi connectivity index (χ0v) is 10.7. The van der Waals surface area contributed by atoms with Gasteiger partial charge in [0.25, 0.3) is 5.69 Å². The Morgan fingerprint density at radius 3 is 2.89 bits per heavy atom. The molecule has 2 N–H and O–H groups in total. The lowest BCUT2D eigenvalue weighted by Gasteiger charge is -2.36. The van der Waals surface area contributed by atoms with Gasteiger partial charge in [-0.25, -0.2) is 0 Å². The Morgan fingerprint density at radius 1 is 1.58 bits per heavy atom. The topological polar surface area (TPSA) is 96.2 Å². The number of nitro groups is 1. The first kappa shape index (κ1) is 13.3. The van der Waals surface area contributed by atoms with E-state index in [0.717, 1.165) is 13.0 Å². The van der Waals surface area contributed by atoms with Crippen molar-refractivity contribution in [1.82, 2.24) is 0 Å². The van der Waals surface area contributed by atoms with Crippen molar-refractivity contribution in [3.63, 3.8) is 0 Å². The van der Waals surface area contributed by atoms with Crippen LogP contribution in [0.3, 0.4) is 0 Å². The molecule has 0 saturated carbocycles. The molecule has 1 heterocycles. The van der Waals surface area contributed by atoms with Crippen LogP contribution in [0.1, 0.15) is 18.9 Å². The largest absolute Gasteiger partial charge is 0.364 e. The van der Waals surface area contributed by atoms with E-state index < -0.39 is 4.92 Å². The highest BCUT2D eigenvalue weighted by Gasteiger charge is 2.27. The predicted octanol–water partition coefficient (Wildman–Crippen LogP) is 1.64. The van der Waals surface area contributed by atoms with Crippen LogP contribution in [-0.4, -0.2) is 24.1 Å². The van der Waals surface area contributed by atoms with E-state index >= 15 is 0 Å². The van der Waals surface area contributed by atoms with Crippen LogP contribution in [0.5, 0.6) is 0 Å². The van der Waals surface area contributed by atoms with E-state index in [4.69, 9.17) is 11.0 Å². The number of hydrogen-bond donors (Lipinski definition) is 1. The number of nitrogens with zero attached hydrogens (tertiary/aromatic N) is 3. The van der Waals surface area contributed by atoms with Gasteiger partial charge in [-0.15, -0.1) is 0 Å². The Bertz CT molecular complexity index is 538. The van der Waals surface area contributed by atoms with E-state index in [1.165, 1.54) is 6.07 Å². The third-order valence-electron chi connectivity index (χ3n) is 3.66. The normalized spacial score (nSPS) is 22.9. The molecule has 0 aliphatic carbocycles. The van der Waals surface area contributed by atoms with Gasteiger partial charge in [0.05, 0.1) is 16.6 Å². The smallest absolute Gasteiger partial charge is 0.293 e. The fourth-order valence-corrected chi connectivity index (χ4v) is 2.32.